The Hall–Kier alpha value is -1.61. The smallest absolute Gasteiger partial charge is 0.124 e. The van der Waals surface area contributed by atoms with Gasteiger partial charge in [0.15, 0.2) is 0 Å². The number of hydrogen-bond donors (Lipinski definition) is 1. The van der Waals surface area contributed by atoms with Crippen LogP contribution in [0, 0.1) is 0 Å². The first-order valence-corrected chi connectivity index (χ1v) is 4.16. The monoisotopic (exact) mass is 173 g/mol. The summed E-state index contributed by atoms with van der Waals surface area (Å²) in [5.74, 6) is 5.51. The molecule has 1 aromatic carbocycles. The van der Waals surface area contributed by atoms with Crippen molar-refractivity contribution < 1.29 is 0 Å². The quantitative estimate of drug-likeness (QED) is 0.647. The van der Waals surface area contributed by atoms with Crippen molar-refractivity contribution in [3.63, 3.8) is 0 Å². The summed E-state index contributed by atoms with van der Waals surface area (Å²) in [5, 5.41) is 1.55. The SMILES string of the molecule is NN1C=CC(c2ccccc2)=NC1. The van der Waals surface area contributed by atoms with Gasteiger partial charge in [-0.05, 0) is 11.6 Å². The van der Waals surface area contributed by atoms with Crippen LogP contribution in [-0.2, 0) is 0 Å². The molecule has 3 heteroatoms. The van der Waals surface area contributed by atoms with Gasteiger partial charge in [0.1, 0.15) is 6.67 Å². The van der Waals surface area contributed by atoms with Crippen molar-refractivity contribution in [3.05, 3.63) is 48.2 Å². The molecule has 0 radical (unpaired) electrons. The van der Waals surface area contributed by atoms with Gasteiger partial charge in [-0.3, -0.25) is 10.0 Å². The Bertz CT molecular complexity index is 340. The molecule has 0 fully saturated rings. The van der Waals surface area contributed by atoms with Crippen LogP contribution in [0.1, 0.15) is 5.56 Å². The average Bonchev–Trinajstić information content (AvgIpc) is 2.20. The molecule has 0 saturated carbocycles. The fourth-order valence-electron chi connectivity index (χ4n) is 1.22. The van der Waals surface area contributed by atoms with Gasteiger partial charge in [0.2, 0.25) is 0 Å². The molecule has 1 aliphatic heterocycles. The van der Waals surface area contributed by atoms with Gasteiger partial charge in [-0.15, -0.1) is 0 Å². The number of allylic oxidation sites excluding steroid dienone is 1. The van der Waals surface area contributed by atoms with Gasteiger partial charge in [-0.25, -0.2) is 5.84 Å². The van der Waals surface area contributed by atoms with E-state index >= 15 is 0 Å². The molecule has 1 heterocycles. The van der Waals surface area contributed by atoms with Gasteiger partial charge in [0.25, 0.3) is 0 Å². The van der Waals surface area contributed by atoms with Crippen molar-refractivity contribution in [3.8, 4) is 0 Å². The summed E-state index contributed by atoms with van der Waals surface area (Å²) in [6.45, 7) is 0.528. The van der Waals surface area contributed by atoms with Crippen LogP contribution in [0.4, 0.5) is 0 Å². The Balaban J connectivity index is 2.25. The maximum atomic E-state index is 5.51. The van der Waals surface area contributed by atoms with Crippen LogP contribution in [0.2, 0.25) is 0 Å². The fourth-order valence-corrected chi connectivity index (χ4v) is 1.22. The lowest BCUT2D eigenvalue weighted by atomic mass is 10.1. The highest BCUT2D eigenvalue weighted by atomic mass is 15.4. The number of hydrazine groups is 1. The summed E-state index contributed by atoms with van der Waals surface area (Å²) >= 11 is 0. The first kappa shape index (κ1) is 8.01. The summed E-state index contributed by atoms with van der Waals surface area (Å²) in [4.78, 5) is 4.31. The van der Waals surface area contributed by atoms with E-state index in [2.05, 4.69) is 4.99 Å². The van der Waals surface area contributed by atoms with E-state index in [1.807, 2.05) is 42.6 Å². The third-order valence-corrected chi connectivity index (χ3v) is 1.90. The minimum absolute atomic E-state index is 0.528. The van der Waals surface area contributed by atoms with Crippen LogP contribution in [0.5, 0.6) is 0 Å². The van der Waals surface area contributed by atoms with Crippen molar-refractivity contribution in [1.82, 2.24) is 5.01 Å². The molecule has 0 atom stereocenters. The topological polar surface area (TPSA) is 41.6 Å². The summed E-state index contributed by atoms with van der Waals surface area (Å²) in [7, 11) is 0. The van der Waals surface area contributed by atoms with Crippen LogP contribution < -0.4 is 5.84 Å². The van der Waals surface area contributed by atoms with Crippen molar-refractivity contribution in [1.29, 1.82) is 0 Å². The number of nitrogens with zero attached hydrogens (tertiary/aromatic N) is 2. The Morgan fingerprint density at radius 2 is 2.00 bits per heavy atom. The maximum Gasteiger partial charge on any atom is 0.124 e. The molecule has 0 bridgehead atoms. The van der Waals surface area contributed by atoms with Gasteiger partial charge < -0.3 is 0 Å². The summed E-state index contributed by atoms with van der Waals surface area (Å²) in [6.07, 6.45) is 3.74. The first-order valence-electron chi connectivity index (χ1n) is 4.16. The highest BCUT2D eigenvalue weighted by molar-refractivity contribution is 6.08. The highest BCUT2D eigenvalue weighted by Gasteiger charge is 2.03. The van der Waals surface area contributed by atoms with Crippen LogP contribution in [0.25, 0.3) is 0 Å². The molecule has 2 rings (SSSR count). The van der Waals surface area contributed by atoms with E-state index < -0.39 is 0 Å². The minimum atomic E-state index is 0.528. The van der Waals surface area contributed by atoms with E-state index in [4.69, 9.17) is 5.84 Å². The first-order chi connectivity index (χ1) is 6.36. The second-order valence-corrected chi connectivity index (χ2v) is 2.88. The van der Waals surface area contributed by atoms with E-state index in [0.717, 1.165) is 11.3 Å². The Morgan fingerprint density at radius 1 is 1.23 bits per heavy atom. The molecule has 0 aliphatic carbocycles. The molecular formula is C10H11N3. The number of aliphatic imine (C=N–C) groups is 1. The molecular weight excluding hydrogens is 162 g/mol. The second-order valence-electron chi connectivity index (χ2n) is 2.88. The standard InChI is InChI=1S/C10H11N3/c11-13-7-6-10(12-8-13)9-4-2-1-3-5-9/h1-7H,8,11H2. The zero-order chi connectivity index (χ0) is 9.10. The third-order valence-electron chi connectivity index (χ3n) is 1.90. The molecule has 0 spiro atoms. The highest BCUT2D eigenvalue weighted by Crippen LogP contribution is 2.05. The molecule has 0 unspecified atom stereocenters. The predicted molar refractivity (Wildman–Crippen MR) is 53.0 cm³/mol. The summed E-state index contributed by atoms with van der Waals surface area (Å²) in [6, 6.07) is 10.1. The molecule has 0 saturated heterocycles. The van der Waals surface area contributed by atoms with Crippen LogP contribution in [-0.4, -0.2) is 17.4 Å². The molecule has 3 nitrogen and oxygen atoms in total. The number of hydrogen-bond acceptors (Lipinski definition) is 3. The molecule has 1 aromatic rings. The fraction of sp³-hybridized carbons (Fsp3) is 0.100. The number of rotatable bonds is 1. The lowest BCUT2D eigenvalue weighted by molar-refractivity contribution is 0.404. The van der Waals surface area contributed by atoms with Crippen molar-refractivity contribution in [2.24, 2.45) is 10.8 Å². The Kier molecular flexibility index (Phi) is 2.10. The molecule has 0 aromatic heterocycles. The van der Waals surface area contributed by atoms with E-state index in [1.54, 1.807) is 5.01 Å². The largest absolute Gasteiger partial charge is 0.297 e. The lowest BCUT2D eigenvalue weighted by Gasteiger charge is -2.15. The third kappa shape index (κ3) is 1.76. The van der Waals surface area contributed by atoms with Gasteiger partial charge in [0, 0.05) is 6.20 Å². The zero-order valence-corrected chi connectivity index (χ0v) is 7.22. The van der Waals surface area contributed by atoms with Crippen molar-refractivity contribution in [2.45, 2.75) is 0 Å². The molecule has 66 valence electrons. The average molecular weight is 173 g/mol. The van der Waals surface area contributed by atoms with E-state index in [1.165, 1.54) is 0 Å². The van der Waals surface area contributed by atoms with Crippen LogP contribution >= 0.6 is 0 Å². The predicted octanol–water partition coefficient (Wildman–Crippen LogP) is 1.14. The zero-order valence-electron chi connectivity index (χ0n) is 7.22. The van der Waals surface area contributed by atoms with Crippen molar-refractivity contribution >= 4 is 5.71 Å². The molecule has 1 aliphatic rings. The molecule has 2 N–H and O–H groups in total. The molecule has 0 amide bonds. The Morgan fingerprint density at radius 3 is 2.62 bits per heavy atom. The van der Waals surface area contributed by atoms with Crippen LogP contribution in [0.15, 0.2) is 47.6 Å². The maximum absolute atomic E-state index is 5.51. The van der Waals surface area contributed by atoms with Gasteiger partial charge in [-0.2, -0.15) is 0 Å². The van der Waals surface area contributed by atoms with Gasteiger partial charge in [-0.1, -0.05) is 30.3 Å². The van der Waals surface area contributed by atoms with Crippen molar-refractivity contribution in [2.75, 3.05) is 6.67 Å². The van der Waals surface area contributed by atoms with Gasteiger partial charge >= 0.3 is 0 Å². The minimum Gasteiger partial charge on any atom is -0.297 e. The van der Waals surface area contributed by atoms with E-state index in [9.17, 15) is 0 Å². The second kappa shape index (κ2) is 3.41. The Labute approximate surface area is 77.2 Å². The number of benzene rings is 1. The number of nitrogens with two attached hydrogens (primary N) is 1. The van der Waals surface area contributed by atoms with Gasteiger partial charge in [0.05, 0.1) is 5.71 Å². The normalized spacial score (nSPS) is 15.8. The lowest BCUT2D eigenvalue weighted by Crippen LogP contribution is -2.28. The summed E-state index contributed by atoms with van der Waals surface area (Å²) in [5.41, 5.74) is 2.12. The summed E-state index contributed by atoms with van der Waals surface area (Å²) < 4.78 is 0. The van der Waals surface area contributed by atoms with Crippen LogP contribution in [0.3, 0.4) is 0 Å². The van der Waals surface area contributed by atoms with E-state index in [0.29, 0.717) is 6.67 Å². The van der Waals surface area contributed by atoms with E-state index in [-0.39, 0.29) is 0 Å². The molecule has 13 heavy (non-hydrogen) atoms.